The first-order chi connectivity index (χ1) is 12.1. The summed E-state index contributed by atoms with van der Waals surface area (Å²) >= 11 is 0. The van der Waals surface area contributed by atoms with Crippen LogP contribution in [0.4, 0.5) is 5.69 Å². The predicted molar refractivity (Wildman–Crippen MR) is 94.5 cm³/mol. The Bertz CT molecular complexity index is 977. The van der Waals surface area contributed by atoms with Crippen LogP contribution in [0.15, 0.2) is 48.7 Å². The van der Waals surface area contributed by atoms with Gasteiger partial charge in [-0.05, 0) is 36.5 Å². The van der Waals surface area contributed by atoms with E-state index < -0.39 is 4.92 Å². The topological polar surface area (TPSA) is 88.0 Å². The first-order valence-corrected chi connectivity index (χ1v) is 8.27. The van der Waals surface area contributed by atoms with Crippen LogP contribution in [-0.2, 0) is 6.42 Å². The fourth-order valence-electron chi connectivity index (χ4n) is 3.55. The molecule has 1 unspecified atom stereocenters. The van der Waals surface area contributed by atoms with Crippen LogP contribution in [0.1, 0.15) is 40.4 Å². The number of nitro benzene ring substituents is 1. The van der Waals surface area contributed by atoms with Crippen LogP contribution in [0.5, 0.6) is 0 Å². The van der Waals surface area contributed by atoms with Gasteiger partial charge in [-0.2, -0.15) is 0 Å². The molecule has 0 saturated heterocycles. The summed E-state index contributed by atoms with van der Waals surface area (Å²) in [5.41, 5.74) is 3.55. The summed E-state index contributed by atoms with van der Waals surface area (Å²) in [7, 11) is 0. The number of H-pyrrole nitrogens is 1. The molecule has 1 heterocycles. The number of fused-ring (bicyclic) bond motifs is 2. The van der Waals surface area contributed by atoms with Crippen molar-refractivity contribution in [1.82, 2.24) is 10.3 Å². The summed E-state index contributed by atoms with van der Waals surface area (Å²) < 4.78 is 0. The lowest BCUT2D eigenvalue weighted by Crippen LogP contribution is -2.30. The summed E-state index contributed by atoms with van der Waals surface area (Å²) in [6.45, 7) is 0. The Labute approximate surface area is 144 Å². The Morgan fingerprint density at radius 2 is 2.08 bits per heavy atom. The molecule has 1 aliphatic carbocycles. The van der Waals surface area contributed by atoms with E-state index in [1.807, 2.05) is 12.1 Å². The second-order valence-corrected chi connectivity index (χ2v) is 6.31. The van der Waals surface area contributed by atoms with Crippen molar-refractivity contribution in [3.8, 4) is 0 Å². The van der Waals surface area contributed by atoms with Crippen LogP contribution in [0, 0.1) is 10.1 Å². The number of non-ortho nitro benzene ring substituents is 1. The SMILES string of the molecule is O=C(NC1CCCc2ccccc21)c1c[nH]c2ccc([N+](=O)[O-])cc12. The van der Waals surface area contributed by atoms with Crippen LogP contribution in [-0.4, -0.2) is 15.8 Å². The van der Waals surface area contributed by atoms with Gasteiger partial charge in [0.1, 0.15) is 0 Å². The zero-order valence-corrected chi connectivity index (χ0v) is 13.5. The van der Waals surface area contributed by atoms with Crippen molar-refractivity contribution in [1.29, 1.82) is 0 Å². The molecule has 0 aliphatic heterocycles. The first kappa shape index (κ1) is 15.4. The van der Waals surface area contributed by atoms with Gasteiger partial charge in [-0.25, -0.2) is 0 Å². The highest BCUT2D eigenvalue weighted by Gasteiger charge is 2.23. The lowest BCUT2D eigenvalue weighted by molar-refractivity contribution is -0.384. The standard InChI is InChI=1S/C19H17N3O3/c23-19(21-18-7-3-5-12-4-1-2-6-14(12)18)16-11-20-17-9-8-13(22(24)25)10-15(16)17/h1-2,4,6,8-11,18,20H,3,5,7H2,(H,21,23). The van der Waals surface area contributed by atoms with E-state index in [0.717, 1.165) is 24.8 Å². The maximum Gasteiger partial charge on any atom is 0.270 e. The maximum absolute atomic E-state index is 12.8. The van der Waals surface area contributed by atoms with Gasteiger partial charge in [0.05, 0.1) is 16.5 Å². The highest BCUT2D eigenvalue weighted by Crippen LogP contribution is 2.30. The van der Waals surface area contributed by atoms with Crippen molar-refractivity contribution in [2.24, 2.45) is 0 Å². The Morgan fingerprint density at radius 1 is 1.24 bits per heavy atom. The van der Waals surface area contributed by atoms with Gasteiger partial charge < -0.3 is 10.3 Å². The molecule has 126 valence electrons. The van der Waals surface area contributed by atoms with Crippen molar-refractivity contribution in [3.05, 3.63) is 75.5 Å². The van der Waals surface area contributed by atoms with Crippen molar-refractivity contribution >= 4 is 22.5 Å². The minimum atomic E-state index is -0.453. The number of nitrogens with zero attached hydrogens (tertiary/aromatic N) is 1. The molecule has 4 rings (SSSR count). The Morgan fingerprint density at radius 3 is 2.92 bits per heavy atom. The van der Waals surface area contributed by atoms with Crippen LogP contribution in [0.25, 0.3) is 10.9 Å². The zero-order valence-electron chi connectivity index (χ0n) is 13.5. The molecule has 25 heavy (non-hydrogen) atoms. The second kappa shape index (κ2) is 6.05. The number of nitro groups is 1. The van der Waals surface area contributed by atoms with Crippen molar-refractivity contribution in [2.45, 2.75) is 25.3 Å². The smallest absolute Gasteiger partial charge is 0.270 e. The molecule has 1 aliphatic rings. The average Bonchev–Trinajstić information content (AvgIpc) is 3.05. The zero-order chi connectivity index (χ0) is 17.4. The highest BCUT2D eigenvalue weighted by atomic mass is 16.6. The molecule has 6 heteroatoms. The molecule has 0 radical (unpaired) electrons. The Hall–Kier alpha value is -3.15. The number of carbonyl (C=O) groups is 1. The molecule has 1 atom stereocenters. The van der Waals surface area contributed by atoms with Crippen LogP contribution >= 0.6 is 0 Å². The molecular formula is C19H17N3O3. The molecule has 1 amide bonds. The fraction of sp³-hybridized carbons (Fsp3) is 0.211. The van der Waals surface area contributed by atoms with E-state index in [0.29, 0.717) is 16.5 Å². The molecule has 0 bridgehead atoms. The van der Waals surface area contributed by atoms with E-state index in [4.69, 9.17) is 0 Å². The molecular weight excluding hydrogens is 318 g/mol. The minimum Gasteiger partial charge on any atom is -0.360 e. The van der Waals surface area contributed by atoms with Gasteiger partial charge >= 0.3 is 0 Å². The molecule has 6 nitrogen and oxygen atoms in total. The number of aryl methyl sites for hydroxylation is 1. The number of hydrogen-bond donors (Lipinski definition) is 2. The van der Waals surface area contributed by atoms with Gasteiger partial charge in [0.2, 0.25) is 0 Å². The third-order valence-electron chi connectivity index (χ3n) is 4.80. The normalized spacial score (nSPS) is 16.4. The van der Waals surface area contributed by atoms with E-state index in [-0.39, 0.29) is 17.6 Å². The number of rotatable bonds is 3. The minimum absolute atomic E-state index is 0.0239. The van der Waals surface area contributed by atoms with E-state index >= 15 is 0 Å². The van der Waals surface area contributed by atoms with Gasteiger partial charge in [-0.3, -0.25) is 14.9 Å². The average molecular weight is 335 g/mol. The van der Waals surface area contributed by atoms with Crippen molar-refractivity contribution in [3.63, 3.8) is 0 Å². The van der Waals surface area contributed by atoms with E-state index in [1.165, 1.54) is 17.7 Å². The van der Waals surface area contributed by atoms with Gasteiger partial charge in [0.25, 0.3) is 11.6 Å². The molecule has 0 spiro atoms. The number of benzene rings is 2. The summed E-state index contributed by atoms with van der Waals surface area (Å²) in [6, 6.07) is 12.6. The number of hydrogen-bond acceptors (Lipinski definition) is 3. The number of nitrogens with one attached hydrogen (secondary N) is 2. The predicted octanol–water partition coefficient (Wildman–Crippen LogP) is 3.88. The number of aromatic amines is 1. The molecule has 2 aromatic carbocycles. The van der Waals surface area contributed by atoms with Crippen LogP contribution < -0.4 is 5.32 Å². The highest BCUT2D eigenvalue weighted by molar-refractivity contribution is 6.07. The van der Waals surface area contributed by atoms with Crippen LogP contribution in [0.2, 0.25) is 0 Å². The number of amides is 1. The van der Waals surface area contributed by atoms with Gasteiger partial charge in [0.15, 0.2) is 0 Å². The van der Waals surface area contributed by atoms with Gasteiger partial charge in [-0.15, -0.1) is 0 Å². The fourth-order valence-corrected chi connectivity index (χ4v) is 3.55. The summed E-state index contributed by atoms with van der Waals surface area (Å²) in [5.74, 6) is -0.214. The monoisotopic (exact) mass is 335 g/mol. The summed E-state index contributed by atoms with van der Waals surface area (Å²) in [5, 5.41) is 14.7. The van der Waals surface area contributed by atoms with Gasteiger partial charge in [-0.1, -0.05) is 24.3 Å². The van der Waals surface area contributed by atoms with E-state index in [9.17, 15) is 14.9 Å². The largest absolute Gasteiger partial charge is 0.360 e. The van der Waals surface area contributed by atoms with E-state index in [1.54, 1.807) is 12.3 Å². The third-order valence-corrected chi connectivity index (χ3v) is 4.80. The lowest BCUT2D eigenvalue weighted by atomic mass is 9.87. The Kier molecular flexibility index (Phi) is 3.72. The van der Waals surface area contributed by atoms with E-state index in [2.05, 4.69) is 22.4 Å². The number of aromatic nitrogens is 1. The lowest BCUT2D eigenvalue weighted by Gasteiger charge is -2.26. The third kappa shape index (κ3) is 2.76. The molecule has 3 aromatic rings. The van der Waals surface area contributed by atoms with Crippen molar-refractivity contribution in [2.75, 3.05) is 0 Å². The van der Waals surface area contributed by atoms with Crippen molar-refractivity contribution < 1.29 is 9.72 Å². The molecule has 1 aromatic heterocycles. The quantitative estimate of drug-likeness (QED) is 0.562. The molecule has 0 saturated carbocycles. The maximum atomic E-state index is 12.8. The summed E-state index contributed by atoms with van der Waals surface area (Å²) in [4.78, 5) is 26.3. The first-order valence-electron chi connectivity index (χ1n) is 8.27. The molecule has 2 N–H and O–H groups in total. The Balaban J connectivity index is 1.65. The molecule has 0 fully saturated rings. The summed E-state index contributed by atoms with van der Waals surface area (Å²) in [6.07, 6.45) is 4.56. The second-order valence-electron chi connectivity index (χ2n) is 6.31. The number of carbonyl (C=O) groups excluding carboxylic acids is 1. The van der Waals surface area contributed by atoms with Gasteiger partial charge in [0, 0.05) is 29.2 Å². The van der Waals surface area contributed by atoms with Crippen LogP contribution in [0.3, 0.4) is 0 Å².